The Hall–Kier alpha value is -2.45. The number of rotatable bonds is 4. The highest BCUT2D eigenvalue weighted by Crippen LogP contribution is 2.34. The van der Waals surface area contributed by atoms with Crippen LogP contribution in [0.4, 0.5) is 10.5 Å². The van der Waals surface area contributed by atoms with Crippen LogP contribution < -0.4 is 0 Å². The summed E-state index contributed by atoms with van der Waals surface area (Å²) < 4.78 is 0. The van der Waals surface area contributed by atoms with Gasteiger partial charge in [0.2, 0.25) is 0 Å². The molecule has 0 unspecified atom stereocenters. The third kappa shape index (κ3) is 3.33. The molecule has 2 amide bonds. The number of non-ortho nitro benzene ring substituents is 1. The molecule has 0 aliphatic carbocycles. The van der Waals surface area contributed by atoms with E-state index in [1.807, 2.05) is 17.5 Å². The molecule has 1 aromatic heterocycles. The van der Waals surface area contributed by atoms with Gasteiger partial charge in [-0.15, -0.1) is 11.3 Å². The number of benzene rings is 1. The van der Waals surface area contributed by atoms with E-state index in [-0.39, 0.29) is 23.4 Å². The standard InChI is InChI=1S/C15H10N2O4S2/c18-14-13(8-12-5-2-6-22-12)23-15(19)16(14)9-10-3-1-4-11(7-10)17(20)21/h1-8H,9H2/b13-8+. The zero-order valence-electron chi connectivity index (χ0n) is 11.7. The molecule has 1 aliphatic rings. The summed E-state index contributed by atoms with van der Waals surface area (Å²) in [6.45, 7) is 0.0220. The van der Waals surface area contributed by atoms with Gasteiger partial charge in [0.15, 0.2) is 0 Å². The van der Waals surface area contributed by atoms with Gasteiger partial charge >= 0.3 is 0 Å². The SMILES string of the molecule is O=C1S/C(=C/c2cccs2)C(=O)N1Cc1cccc([N+](=O)[O-])c1. The molecule has 0 N–H and O–H groups in total. The maximum atomic E-state index is 12.4. The minimum atomic E-state index is -0.506. The van der Waals surface area contributed by atoms with Crippen molar-refractivity contribution in [1.82, 2.24) is 4.90 Å². The lowest BCUT2D eigenvalue weighted by Crippen LogP contribution is -2.27. The molecule has 1 saturated heterocycles. The van der Waals surface area contributed by atoms with Gasteiger partial charge in [-0.05, 0) is 34.8 Å². The molecule has 3 rings (SSSR count). The van der Waals surface area contributed by atoms with Gasteiger partial charge in [-0.25, -0.2) is 0 Å². The van der Waals surface area contributed by atoms with Gasteiger partial charge in [0.25, 0.3) is 16.8 Å². The van der Waals surface area contributed by atoms with Crippen molar-refractivity contribution in [1.29, 1.82) is 0 Å². The third-order valence-electron chi connectivity index (χ3n) is 3.15. The highest BCUT2D eigenvalue weighted by molar-refractivity contribution is 8.18. The van der Waals surface area contributed by atoms with E-state index in [2.05, 4.69) is 0 Å². The summed E-state index contributed by atoms with van der Waals surface area (Å²) >= 11 is 2.36. The van der Waals surface area contributed by atoms with Crippen molar-refractivity contribution in [2.45, 2.75) is 6.54 Å². The van der Waals surface area contributed by atoms with Crippen molar-refractivity contribution >= 4 is 46.0 Å². The van der Waals surface area contributed by atoms with Crippen molar-refractivity contribution in [3.05, 3.63) is 67.2 Å². The number of carbonyl (C=O) groups is 2. The van der Waals surface area contributed by atoms with Gasteiger partial charge < -0.3 is 0 Å². The molecule has 6 nitrogen and oxygen atoms in total. The number of thioether (sulfide) groups is 1. The number of imide groups is 1. The summed E-state index contributed by atoms with van der Waals surface area (Å²) in [6.07, 6.45) is 1.68. The zero-order chi connectivity index (χ0) is 16.4. The van der Waals surface area contributed by atoms with Crippen LogP contribution in [0.2, 0.25) is 0 Å². The zero-order valence-corrected chi connectivity index (χ0v) is 13.3. The van der Waals surface area contributed by atoms with Gasteiger partial charge in [-0.2, -0.15) is 0 Å². The smallest absolute Gasteiger partial charge is 0.268 e. The fourth-order valence-electron chi connectivity index (χ4n) is 2.09. The quantitative estimate of drug-likeness (QED) is 0.476. The molecular formula is C15H10N2O4S2. The number of nitro groups is 1. The Bertz CT molecular complexity index is 815. The Kier molecular flexibility index (Phi) is 4.26. The fourth-order valence-corrected chi connectivity index (χ4v) is 3.65. The molecule has 2 aromatic rings. The van der Waals surface area contributed by atoms with E-state index in [4.69, 9.17) is 0 Å². The second-order valence-corrected chi connectivity index (χ2v) is 6.68. The van der Waals surface area contributed by atoms with Crippen LogP contribution in [0.15, 0.2) is 46.7 Å². The van der Waals surface area contributed by atoms with Crippen LogP contribution in [0.5, 0.6) is 0 Å². The van der Waals surface area contributed by atoms with Crippen LogP contribution in [0.1, 0.15) is 10.4 Å². The molecule has 1 fully saturated rings. The van der Waals surface area contributed by atoms with Crippen LogP contribution in [0, 0.1) is 10.1 Å². The number of nitrogens with zero attached hydrogens (tertiary/aromatic N) is 2. The maximum Gasteiger partial charge on any atom is 0.293 e. The molecule has 0 radical (unpaired) electrons. The summed E-state index contributed by atoms with van der Waals surface area (Å²) in [6, 6.07) is 9.65. The Labute approximate surface area is 139 Å². The van der Waals surface area contributed by atoms with Crippen molar-refractivity contribution in [2.24, 2.45) is 0 Å². The summed E-state index contributed by atoms with van der Waals surface area (Å²) in [4.78, 5) is 37.0. The number of hydrogen-bond donors (Lipinski definition) is 0. The molecule has 1 aromatic carbocycles. The van der Waals surface area contributed by atoms with Gasteiger partial charge in [-0.3, -0.25) is 24.6 Å². The third-order valence-corrected chi connectivity index (χ3v) is 4.88. The van der Waals surface area contributed by atoms with Crippen LogP contribution in [-0.2, 0) is 11.3 Å². The van der Waals surface area contributed by atoms with E-state index < -0.39 is 4.92 Å². The second-order valence-electron chi connectivity index (χ2n) is 4.71. The largest absolute Gasteiger partial charge is 0.293 e. The van der Waals surface area contributed by atoms with Crippen LogP contribution in [0.3, 0.4) is 0 Å². The van der Waals surface area contributed by atoms with E-state index in [0.29, 0.717) is 10.5 Å². The second kappa shape index (κ2) is 6.35. The molecule has 0 bridgehead atoms. The van der Waals surface area contributed by atoms with Crippen molar-refractivity contribution in [3.8, 4) is 0 Å². The summed E-state index contributed by atoms with van der Waals surface area (Å²) in [5, 5.41) is 12.3. The maximum absolute atomic E-state index is 12.4. The first-order valence-corrected chi connectivity index (χ1v) is 8.26. The van der Waals surface area contributed by atoms with E-state index in [1.165, 1.54) is 29.5 Å². The molecule has 0 atom stereocenters. The molecule has 2 heterocycles. The van der Waals surface area contributed by atoms with E-state index in [9.17, 15) is 19.7 Å². The fraction of sp³-hybridized carbons (Fsp3) is 0.0667. The molecular weight excluding hydrogens is 336 g/mol. The van der Waals surface area contributed by atoms with Gasteiger partial charge in [-0.1, -0.05) is 18.2 Å². The number of amides is 2. The minimum absolute atomic E-state index is 0.0220. The van der Waals surface area contributed by atoms with E-state index in [1.54, 1.807) is 12.1 Å². The normalized spacial score (nSPS) is 16.3. The molecule has 23 heavy (non-hydrogen) atoms. The van der Waals surface area contributed by atoms with Crippen molar-refractivity contribution in [3.63, 3.8) is 0 Å². The molecule has 0 spiro atoms. The number of carbonyl (C=O) groups excluding carboxylic acids is 2. The van der Waals surface area contributed by atoms with Gasteiger partial charge in [0.05, 0.1) is 16.4 Å². The van der Waals surface area contributed by atoms with E-state index >= 15 is 0 Å². The van der Waals surface area contributed by atoms with Crippen LogP contribution in [0.25, 0.3) is 6.08 Å². The lowest BCUT2D eigenvalue weighted by Gasteiger charge is -2.12. The first kappa shape index (κ1) is 15.4. The first-order valence-electron chi connectivity index (χ1n) is 6.57. The average molecular weight is 346 g/mol. The molecule has 116 valence electrons. The number of thiophene rings is 1. The van der Waals surface area contributed by atoms with Crippen molar-refractivity contribution in [2.75, 3.05) is 0 Å². The van der Waals surface area contributed by atoms with E-state index in [0.717, 1.165) is 21.5 Å². The predicted molar refractivity (Wildman–Crippen MR) is 88.9 cm³/mol. The van der Waals surface area contributed by atoms with Crippen LogP contribution >= 0.6 is 23.1 Å². The average Bonchev–Trinajstić information content (AvgIpc) is 3.12. The molecule has 8 heteroatoms. The lowest BCUT2D eigenvalue weighted by molar-refractivity contribution is -0.384. The summed E-state index contributed by atoms with van der Waals surface area (Å²) in [5.41, 5.74) is 0.475. The summed E-state index contributed by atoms with van der Waals surface area (Å²) in [5.74, 6) is -0.375. The Morgan fingerprint density at radius 3 is 2.74 bits per heavy atom. The molecule has 0 saturated carbocycles. The lowest BCUT2D eigenvalue weighted by atomic mass is 10.2. The molecule has 1 aliphatic heterocycles. The van der Waals surface area contributed by atoms with Crippen molar-refractivity contribution < 1.29 is 14.5 Å². The van der Waals surface area contributed by atoms with Crippen LogP contribution in [-0.4, -0.2) is 21.0 Å². The highest BCUT2D eigenvalue weighted by Gasteiger charge is 2.35. The predicted octanol–water partition coefficient (Wildman–Crippen LogP) is 3.89. The van der Waals surface area contributed by atoms with Gasteiger partial charge in [0.1, 0.15) is 0 Å². The first-order chi connectivity index (χ1) is 11.0. The highest BCUT2D eigenvalue weighted by atomic mass is 32.2. The number of nitro benzene ring substituents is 1. The monoisotopic (exact) mass is 346 g/mol. The number of hydrogen-bond acceptors (Lipinski definition) is 6. The Morgan fingerprint density at radius 1 is 1.22 bits per heavy atom. The van der Waals surface area contributed by atoms with Gasteiger partial charge in [0, 0.05) is 17.0 Å². The minimum Gasteiger partial charge on any atom is -0.268 e. The summed E-state index contributed by atoms with van der Waals surface area (Å²) in [7, 11) is 0. The topological polar surface area (TPSA) is 80.5 Å². The Balaban J connectivity index is 1.81. The Morgan fingerprint density at radius 2 is 2.04 bits per heavy atom.